The van der Waals surface area contributed by atoms with Crippen LogP contribution < -0.4 is 15.4 Å². The first kappa shape index (κ1) is 24.7. The summed E-state index contributed by atoms with van der Waals surface area (Å²) in [5, 5.41) is 5.50. The van der Waals surface area contributed by atoms with E-state index in [9.17, 15) is 22.4 Å². The Kier molecular flexibility index (Phi) is 8.40. The monoisotopic (exact) mass is 477 g/mol. The number of aryl methyl sites for hydroxylation is 1. The molecule has 0 fully saturated rings. The number of nitrogens with one attached hydrogen (secondary N) is 2. The van der Waals surface area contributed by atoms with Crippen molar-refractivity contribution in [1.82, 2.24) is 14.9 Å². The second kappa shape index (κ2) is 11.2. The Balaban J connectivity index is 1.77. The maximum absolute atomic E-state index is 13.2. The minimum atomic E-state index is -3.76. The quantitative estimate of drug-likeness (QED) is 0.704. The number of rotatable bonds is 3. The number of hydrogen-bond donors (Lipinski definition) is 2. The summed E-state index contributed by atoms with van der Waals surface area (Å²) in [5.74, 6) is -0.934. The van der Waals surface area contributed by atoms with Gasteiger partial charge >= 0.3 is 0 Å². The van der Waals surface area contributed by atoms with Crippen LogP contribution >= 0.6 is 0 Å². The largest absolute Gasteiger partial charge is 0.491 e. The molecular weight excluding hydrogens is 449 g/mol. The van der Waals surface area contributed by atoms with Crippen LogP contribution in [0.3, 0.4) is 0 Å². The van der Waals surface area contributed by atoms with Crippen molar-refractivity contribution in [3.63, 3.8) is 0 Å². The Hall–Kier alpha value is -2.98. The minimum Gasteiger partial charge on any atom is -0.491 e. The number of nitrogens with zero attached hydrogens (tertiary/aromatic N) is 1. The van der Waals surface area contributed by atoms with Crippen molar-refractivity contribution in [3.05, 3.63) is 65.0 Å². The third-order valence-electron chi connectivity index (χ3n) is 5.18. The van der Waals surface area contributed by atoms with Crippen LogP contribution in [-0.4, -0.2) is 57.3 Å². The highest BCUT2D eigenvalue weighted by Crippen LogP contribution is 2.20. The third-order valence-corrected chi connectivity index (χ3v) is 7.03. The van der Waals surface area contributed by atoms with E-state index in [1.54, 1.807) is 12.1 Å². The number of carbonyl (C=O) groups excluding carboxylic acids is 2. The highest BCUT2D eigenvalue weighted by Gasteiger charge is 2.23. The summed E-state index contributed by atoms with van der Waals surface area (Å²) in [6.07, 6.45) is 0.480. The van der Waals surface area contributed by atoms with Gasteiger partial charge in [0.25, 0.3) is 5.91 Å². The topological polar surface area (TPSA) is 105 Å². The number of sulfonamides is 1. The van der Waals surface area contributed by atoms with Crippen LogP contribution in [0.25, 0.3) is 0 Å². The molecule has 0 unspecified atom stereocenters. The van der Waals surface area contributed by atoms with E-state index in [0.29, 0.717) is 23.3 Å². The molecule has 8 nitrogen and oxygen atoms in total. The number of fused-ring (bicyclic) bond motifs is 1. The van der Waals surface area contributed by atoms with Gasteiger partial charge in [-0.2, -0.15) is 4.31 Å². The SMILES string of the molecule is Cc1ccc2c(c1)C(=O)NCCN(S(=O)(=O)Cc1ccc(F)cc1)CCCC(=O)NCCO2. The molecule has 0 saturated heterocycles. The molecule has 1 aliphatic heterocycles. The van der Waals surface area contributed by atoms with E-state index in [2.05, 4.69) is 10.6 Å². The first-order valence-corrected chi connectivity index (χ1v) is 12.4. The standard InChI is InChI=1S/C23H28FN3O5S/c1-17-4-9-21-20(15-17)23(29)26-10-13-27(12-2-3-22(28)25-11-14-32-21)33(30,31)16-18-5-7-19(24)8-6-18/h4-9,15H,2-3,10-14,16H2,1H3,(H,25,28)(H,26,29). The van der Waals surface area contributed by atoms with Crippen LogP contribution in [0.5, 0.6) is 5.75 Å². The lowest BCUT2D eigenvalue weighted by Gasteiger charge is -2.22. The highest BCUT2D eigenvalue weighted by atomic mass is 32.2. The van der Waals surface area contributed by atoms with Gasteiger partial charge in [-0.05, 0) is 43.2 Å². The summed E-state index contributed by atoms with van der Waals surface area (Å²) in [7, 11) is -3.76. The normalized spacial score (nSPS) is 17.0. The van der Waals surface area contributed by atoms with Crippen molar-refractivity contribution in [1.29, 1.82) is 0 Å². The van der Waals surface area contributed by atoms with Crippen LogP contribution in [0, 0.1) is 12.7 Å². The van der Waals surface area contributed by atoms with Gasteiger partial charge in [0.15, 0.2) is 0 Å². The fraction of sp³-hybridized carbons (Fsp3) is 0.391. The zero-order chi connectivity index (χ0) is 23.8. The summed E-state index contributed by atoms with van der Waals surface area (Å²) in [4.78, 5) is 24.9. The highest BCUT2D eigenvalue weighted by molar-refractivity contribution is 7.88. The van der Waals surface area contributed by atoms with Crippen LogP contribution in [-0.2, 0) is 20.6 Å². The van der Waals surface area contributed by atoms with Crippen molar-refractivity contribution in [2.24, 2.45) is 0 Å². The Morgan fingerprint density at radius 2 is 1.79 bits per heavy atom. The minimum absolute atomic E-state index is 0.0406. The Morgan fingerprint density at radius 3 is 2.55 bits per heavy atom. The Labute approximate surface area is 193 Å². The van der Waals surface area contributed by atoms with E-state index >= 15 is 0 Å². The van der Waals surface area contributed by atoms with Gasteiger partial charge in [-0.3, -0.25) is 9.59 Å². The first-order chi connectivity index (χ1) is 15.7. The van der Waals surface area contributed by atoms with Crippen molar-refractivity contribution in [3.8, 4) is 5.75 Å². The van der Waals surface area contributed by atoms with Crippen LogP contribution in [0.4, 0.5) is 4.39 Å². The molecular formula is C23H28FN3O5S. The van der Waals surface area contributed by atoms with Crippen LogP contribution in [0.15, 0.2) is 42.5 Å². The van der Waals surface area contributed by atoms with E-state index in [4.69, 9.17) is 4.74 Å². The second-order valence-electron chi connectivity index (χ2n) is 7.84. The molecule has 1 aliphatic rings. The van der Waals surface area contributed by atoms with Crippen molar-refractivity contribution < 1.29 is 27.1 Å². The lowest BCUT2D eigenvalue weighted by Crippen LogP contribution is -2.40. The lowest BCUT2D eigenvalue weighted by molar-refractivity contribution is -0.121. The summed E-state index contributed by atoms with van der Waals surface area (Å²) in [5.41, 5.74) is 1.68. The van der Waals surface area contributed by atoms with Crippen molar-refractivity contribution in [2.75, 3.05) is 32.8 Å². The predicted octanol–water partition coefficient (Wildman–Crippen LogP) is 1.98. The maximum atomic E-state index is 13.2. The van der Waals surface area contributed by atoms with Gasteiger partial charge < -0.3 is 15.4 Å². The van der Waals surface area contributed by atoms with Crippen molar-refractivity contribution >= 4 is 21.8 Å². The molecule has 0 saturated carbocycles. The number of carbonyl (C=O) groups is 2. The summed E-state index contributed by atoms with van der Waals surface area (Å²) < 4.78 is 46.2. The molecule has 33 heavy (non-hydrogen) atoms. The summed E-state index contributed by atoms with van der Waals surface area (Å²) in [6, 6.07) is 10.5. The molecule has 2 aromatic rings. The average Bonchev–Trinajstić information content (AvgIpc) is 2.77. The van der Waals surface area contributed by atoms with E-state index < -0.39 is 15.8 Å². The van der Waals surface area contributed by atoms with E-state index in [-0.39, 0.29) is 56.8 Å². The number of ether oxygens (including phenoxy) is 1. The van der Waals surface area contributed by atoms with E-state index in [0.717, 1.165) is 5.56 Å². The molecule has 2 N–H and O–H groups in total. The zero-order valence-electron chi connectivity index (χ0n) is 18.5. The van der Waals surface area contributed by atoms with Gasteiger partial charge in [-0.15, -0.1) is 0 Å². The molecule has 0 spiro atoms. The van der Waals surface area contributed by atoms with E-state index in [1.165, 1.54) is 28.6 Å². The number of benzene rings is 2. The van der Waals surface area contributed by atoms with Crippen LogP contribution in [0.2, 0.25) is 0 Å². The Bertz CT molecular complexity index is 1090. The fourth-order valence-corrected chi connectivity index (χ4v) is 5.04. The summed E-state index contributed by atoms with van der Waals surface area (Å²) >= 11 is 0. The maximum Gasteiger partial charge on any atom is 0.255 e. The molecule has 2 aromatic carbocycles. The number of hydrogen-bond acceptors (Lipinski definition) is 5. The van der Waals surface area contributed by atoms with Gasteiger partial charge in [0, 0.05) is 26.1 Å². The molecule has 0 aromatic heterocycles. The molecule has 1 heterocycles. The predicted molar refractivity (Wildman–Crippen MR) is 122 cm³/mol. The first-order valence-electron chi connectivity index (χ1n) is 10.8. The molecule has 10 heteroatoms. The third kappa shape index (κ3) is 7.26. The number of halogens is 1. The van der Waals surface area contributed by atoms with Crippen molar-refractivity contribution in [2.45, 2.75) is 25.5 Å². The fourth-order valence-electron chi connectivity index (χ4n) is 3.46. The van der Waals surface area contributed by atoms with Gasteiger partial charge in [0.1, 0.15) is 18.2 Å². The molecule has 0 atom stereocenters. The average molecular weight is 478 g/mol. The molecule has 0 radical (unpaired) electrons. The van der Waals surface area contributed by atoms with Gasteiger partial charge in [-0.1, -0.05) is 23.8 Å². The lowest BCUT2D eigenvalue weighted by atomic mass is 10.1. The molecule has 2 amide bonds. The van der Waals surface area contributed by atoms with E-state index in [1.807, 2.05) is 13.0 Å². The van der Waals surface area contributed by atoms with Gasteiger partial charge in [0.05, 0.1) is 17.9 Å². The van der Waals surface area contributed by atoms with Gasteiger partial charge in [-0.25, -0.2) is 12.8 Å². The molecule has 0 aliphatic carbocycles. The Morgan fingerprint density at radius 1 is 1.03 bits per heavy atom. The summed E-state index contributed by atoms with van der Waals surface area (Å²) in [6.45, 7) is 2.57. The number of amides is 2. The smallest absolute Gasteiger partial charge is 0.255 e. The zero-order valence-corrected chi connectivity index (χ0v) is 19.3. The molecule has 178 valence electrons. The second-order valence-corrected chi connectivity index (χ2v) is 9.81. The molecule has 0 bridgehead atoms. The van der Waals surface area contributed by atoms with Gasteiger partial charge in [0.2, 0.25) is 15.9 Å². The van der Waals surface area contributed by atoms with Crippen LogP contribution in [0.1, 0.15) is 34.3 Å². The molecule has 3 rings (SSSR count).